The van der Waals surface area contributed by atoms with Gasteiger partial charge >= 0.3 is 0 Å². The van der Waals surface area contributed by atoms with Crippen molar-refractivity contribution in [3.8, 4) is 16.9 Å². The van der Waals surface area contributed by atoms with Crippen LogP contribution in [0.3, 0.4) is 0 Å². The fourth-order valence-corrected chi connectivity index (χ4v) is 1.82. The Kier molecular flexibility index (Phi) is 3.51. The van der Waals surface area contributed by atoms with E-state index in [0.717, 1.165) is 22.6 Å². The summed E-state index contributed by atoms with van der Waals surface area (Å²) in [5.74, 6) is 0.767. The molecule has 3 heteroatoms. The van der Waals surface area contributed by atoms with Crippen LogP contribution in [0, 0.1) is 6.92 Å². The highest BCUT2D eigenvalue weighted by molar-refractivity contribution is 5.76. The van der Waals surface area contributed by atoms with E-state index in [-0.39, 0.29) is 6.10 Å². The van der Waals surface area contributed by atoms with Gasteiger partial charge in [-0.15, -0.1) is 0 Å². The molecule has 2 aromatic rings. The molecule has 94 valence electrons. The average molecular weight is 242 g/mol. The highest BCUT2D eigenvalue weighted by atomic mass is 16.5. The zero-order valence-corrected chi connectivity index (χ0v) is 11.0. The maximum absolute atomic E-state index is 6.00. The van der Waals surface area contributed by atoms with Gasteiger partial charge in [-0.05, 0) is 39.0 Å². The lowest BCUT2D eigenvalue weighted by molar-refractivity contribution is 0.241. The van der Waals surface area contributed by atoms with Crippen molar-refractivity contribution in [3.05, 3.63) is 42.2 Å². The minimum Gasteiger partial charge on any atom is -0.489 e. The van der Waals surface area contributed by atoms with Gasteiger partial charge < -0.3 is 10.5 Å². The van der Waals surface area contributed by atoms with Crippen molar-refractivity contribution in [2.45, 2.75) is 26.9 Å². The molecule has 0 saturated carbocycles. The van der Waals surface area contributed by atoms with Crippen LogP contribution in [0.1, 0.15) is 19.4 Å². The molecule has 3 nitrogen and oxygen atoms in total. The molecule has 2 rings (SSSR count). The summed E-state index contributed by atoms with van der Waals surface area (Å²) < 4.78 is 5.64. The van der Waals surface area contributed by atoms with Crippen LogP contribution in [0.5, 0.6) is 5.75 Å². The smallest absolute Gasteiger partial charge is 0.138 e. The van der Waals surface area contributed by atoms with Crippen molar-refractivity contribution in [1.82, 2.24) is 4.98 Å². The zero-order chi connectivity index (χ0) is 13.1. The van der Waals surface area contributed by atoms with Gasteiger partial charge in [0.15, 0.2) is 0 Å². The zero-order valence-electron chi connectivity index (χ0n) is 11.0. The number of aryl methyl sites for hydroxylation is 1. The molecule has 0 fully saturated rings. The number of nitrogens with zero attached hydrogens (tertiary/aromatic N) is 1. The fraction of sp³-hybridized carbons (Fsp3) is 0.267. The number of aromatic nitrogens is 1. The van der Waals surface area contributed by atoms with E-state index in [1.807, 2.05) is 39.0 Å². The minimum atomic E-state index is 0.136. The number of nitrogens with two attached hydrogens (primary N) is 1. The second kappa shape index (κ2) is 5.08. The second-order valence-electron chi connectivity index (χ2n) is 4.67. The fourth-order valence-electron chi connectivity index (χ4n) is 1.82. The molecule has 0 saturated heterocycles. The molecule has 18 heavy (non-hydrogen) atoms. The summed E-state index contributed by atoms with van der Waals surface area (Å²) in [6, 6.07) is 7.95. The Morgan fingerprint density at radius 3 is 2.67 bits per heavy atom. The Bertz CT molecular complexity index is 550. The number of benzene rings is 1. The number of pyridine rings is 1. The monoisotopic (exact) mass is 242 g/mol. The molecule has 0 amide bonds. The first-order chi connectivity index (χ1) is 8.56. The maximum Gasteiger partial charge on any atom is 0.138 e. The molecule has 1 aromatic heterocycles. The van der Waals surface area contributed by atoms with Gasteiger partial charge in [-0.3, -0.25) is 4.98 Å². The van der Waals surface area contributed by atoms with Crippen molar-refractivity contribution in [3.63, 3.8) is 0 Å². The van der Waals surface area contributed by atoms with Crippen molar-refractivity contribution in [1.29, 1.82) is 0 Å². The maximum atomic E-state index is 6.00. The van der Waals surface area contributed by atoms with Crippen molar-refractivity contribution in [2.24, 2.45) is 0 Å². The molecule has 0 aliphatic heterocycles. The van der Waals surface area contributed by atoms with E-state index < -0.39 is 0 Å². The van der Waals surface area contributed by atoms with Crippen LogP contribution in [-0.4, -0.2) is 11.1 Å². The predicted octanol–water partition coefficient (Wildman–Crippen LogP) is 3.43. The lowest BCUT2D eigenvalue weighted by Crippen LogP contribution is -2.05. The summed E-state index contributed by atoms with van der Waals surface area (Å²) >= 11 is 0. The normalized spacial score (nSPS) is 10.7. The Labute approximate surface area is 108 Å². The molecular weight excluding hydrogens is 224 g/mol. The van der Waals surface area contributed by atoms with E-state index in [2.05, 4.69) is 11.1 Å². The first-order valence-electron chi connectivity index (χ1n) is 6.04. The molecule has 1 aromatic carbocycles. The third kappa shape index (κ3) is 2.80. The molecule has 2 N–H and O–H groups in total. The average Bonchev–Trinajstić information content (AvgIpc) is 2.32. The number of ether oxygens (including phenoxy) is 1. The molecule has 0 radical (unpaired) electrons. The van der Waals surface area contributed by atoms with Crippen molar-refractivity contribution in [2.75, 3.05) is 5.73 Å². The third-order valence-corrected chi connectivity index (χ3v) is 2.60. The third-order valence-electron chi connectivity index (χ3n) is 2.60. The Hall–Kier alpha value is -2.03. The van der Waals surface area contributed by atoms with E-state index in [1.54, 1.807) is 12.4 Å². The first-order valence-corrected chi connectivity index (χ1v) is 6.04. The molecule has 1 heterocycles. The Morgan fingerprint density at radius 2 is 1.94 bits per heavy atom. The van der Waals surface area contributed by atoms with E-state index in [4.69, 9.17) is 10.5 Å². The Balaban J connectivity index is 2.41. The number of anilines is 1. The van der Waals surface area contributed by atoms with Crippen molar-refractivity contribution < 1.29 is 4.74 Å². The van der Waals surface area contributed by atoms with Crippen LogP contribution >= 0.6 is 0 Å². The van der Waals surface area contributed by atoms with Gasteiger partial charge in [-0.2, -0.15) is 0 Å². The van der Waals surface area contributed by atoms with E-state index in [0.29, 0.717) is 0 Å². The van der Waals surface area contributed by atoms with Gasteiger partial charge in [-0.1, -0.05) is 11.6 Å². The van der Waals surface area contributed by atoms with Gasteiger partial charge in [0.1, 0.15) is 5.75 Å². The van der Waals surface area contributed by atoms with Crippen LogP contribution in [0.2, 0.25) is 0 Å². The van der Waals surface area contributed by atoms with Crippen LogP contribution in [-0.2, 0) is 0 Å². The second-order valence-corrected chi connectivity index (χ2v) is 4.67. The van der Waals surface area contributed by atoms with Gasteiger partial charge in [0.25, 0.3) is 0 Å². The van der Waals surface area contributed by atoms with Crippen LogP contribution in [0.15, 0.2) is 36.7 Å². The van der Waals surface area contributed by atoms with Crippen LogP contribution < -0.4 is 10.5 Å². The summed E-state index contributed by atoms with van der Waals surface area (Å²) in [6.45, 7) is 6.03. The predicted molar refractivity (Wildman–Crippen MR) is 74.6 cm³/mol. The molecule has 0 bridgehead atoms. The highest BCUT2D eigenvalue weighted by Crippen LogP contribution is 2.28. The van der Waals surface area contributed by atoms with Gasteiger partial charge in [0.2, 0.25) is 0 Å². The summed E-state index contributed by atoms with van der Waals surface area (Å²) in [7, 11) is 0. The lowest BCUT2D eigenvalue weighted by atomic mass is 10.0. The molecule has 0 aliphatic carbocycles. The van der Waals surface area contributed by atoms with E-state index in [1.165, 1.54) is 5.56 Å². The SMILES string of the molecule is Cc1ccc(N)c(-c2cncc(OC(C)C)c2)c1. The largest absolute Gasteiger partial charge is 0.489 e. The first kappa shape index (κ1) is 12.4. The standard InChI is InChI=1S/C15H18N2O/c1-10(2)18-13-7-12(8-17-9-13)14-6-11(3)4-5-15(14)16/h4-10H,16H2,1-3H3. The van der Waals surface area contributed by atoms with Gasteiger partial charge in [-0.25, -0.2) is 0 Å². The molecule has 0 spiro atoms. The van der Waals surface area contributed by atoms with Crippen molar-refractivity contribution >= 4 is 5.69 Å². The number of rotatable bonds is 3. The molecular formula is C15H18N2O. The highest BCUT2D eigenvalue weighted by Gasteiger charge is 2.06. The van der Waals surface area contributed by atoms with Gasteiger partial charge in [0.05, 0.1) is 12.3 Å². The van der Waals surface area contributed by atoms with Gasteiger partial charge in [0, 0.05) is 23.0 Å². The Morgan fingerprint density at radius 1 is 1.17 bits per heavy atom. The van der Waals surface area contributed by atoms with Crippen LogP contribution in [0.4, 0.5) is 5.69 Å². The molecule has 0 unspecified atom stereocenters. The number of hydrogen-bond donors (Lipinski definition) is 1. The summed E-state index contributed by atoms with van der Waals surface area (Å²) in [5.41, 5.74) is 9.91. The number of nitrogen functional groups attached to an aromatic ring is 1. The number of hydrogen-bond acceptors (Lipinski definition) is 3. The molecule has 0 atom stereocenters. The quantitative estimate of drug-likeness (QED) is 0.839. The topological polar surface area (TPSA) is 48.1 Å². The summed E-state index contributed by atoms with van der Waals surface area (Å²) in [4.78, 5) is 4.20. The lowest BCUT2D eigenvalue weighted by Gasteiger charge is -2.11. The van der Waals surface area contributed by atoms with E-state index >= 15 is 0 Å². The van der Waals surface area contributed by atoms with Crippen LogP contribution in [0.25, 0.3) is 11.1 Å². The summed E-state index contributed by atoms with van der Waals surface area (Å²) in [6.07, 6.45) is 3.66. The summed E-state index contributed by atoms with van der Waals surface area (Å²) in [5, 5.41) is 0. The van der Waals surface area contributed by atoms with E-state index in [9.17, 15) is 0 Å². The minimum absolute atomic E-state index is 0.136. The molecule has 0 aliphatic rings.